The lowest BCUT2D eigenvalue weighted by atomic mass is 9.95. The van der Waals surface area contributed by atoms with Crippen LogP contribution in [0, 0.1) is 18.3 Å². The van der Waals surface area contributed by atoms with Crippen molar-refractivity contribution in [2.45, 2.75) is 18.9 Å². The second-order valence-corrected chi connectivity index (χ2v) is 3.55. The standard InChI is InChI=1S/C10H17NO2/c1-2-3-5-11-6-4-10(13)9(7-11)8-12/h1,9-10,12-13H,3-8H2. The van der Waals surface area contributed by atoms with Gasteiger partial charge in [0.15, 0.2) is 0 Å². The summed E-state index contributed by atoms with van der Waals surface area (Å²) in [4.78, 5) is 2.20. The van der Waals surface area contributed by atoms with Crippen LogP contribution in [0.15, 0.2) is 0 Å². The van der Waals surface area contributed by atoms with Gasteiger partial charge in [0, 0.05) is 38.6 Å². The molecule has 0 saturated carbocycles. The maximum Gasteiger partial charge on any atom is 0.0614 e. The van der Waals surface area contributed by atoms with E-state index in [4.69, 9.17) is 11.5 Å². The molecule has 2 N–H and O–H groups in total. The van der Waals surface area contributed by atoms with E-state index in [1.807, 2.05) is 0 Å². The summed E-state index contributed by atoms with van der Waals surface area (Å²) in [6.07, 6.45) is 6.31. The van der Waals surface area contributed by atoms with E-state index in [-0.39, 0.29) is 18.6 Å². The first-order chi connectivity index (χ1) is 6.27. The summed E-state index contributed by atoms with van der Waals surface area (Å²) in [6, 6.07) is 0. The number of hydrogen-bond donors (Lipinski definition) is 2. The van der Waals surface area contributed by atoms with Crippen molar-refractivity contribution < 1.29 is 10.2 Å². The van der Waals surface area contributed by atoms with Gasteiger partial charge in [0.2, 0.25) is 0 Å². The van der Waals surface area contributed by atoms with E-state index in [0.29, 0.717) is 0 Å². The molecule has 0 radical (unpaired) electrons. The topological polar surface area (TPSA) is 43.7 Å². The molecule has 1 aliphatic rings. The number of nitrogens with zero attached hydrogens (tertiary/aromatic N) is 1. The Labute approximate surface area is 79.4 Å². The predicted molar refractivity (Wildman–Crippen MR) is 51.1 cm³/mol. The lowest BCUT2D eigenvalue weighted by Crippen LogP contribution is -2.44. The number of terminal acetylenes is 1. The Balaban J connectivity index is 2.32. The van der Waals surface area contributed by atoms with Crippen LogP contribution in [0.25, 0.3) is 0 Å². The van der Waals surface area contributed by atoms with Crippen molar-refractivity contribution >= 4 is 0 Å². The highest BCUT2D eigenvalue weighted by atomic mass is 16.3. The largest absolute Gasteiger partial charge is 0.396 e. The lowest BCUT2D eigenvalue weighted by Gasteiger charge is -2.34. The molecular formula is C10H17NO2. The van der Waals surface area contributed by atoms with Crippen LogP contribution in [-0.4, -0.2) is 47.5 Å². The van der Waals surface area contributed by atoms with Crippen LogP contribution < -0.4 is 0 Å². The fourth-order valence-electron chi connectivity index (χ4n) is 1.70. The smallest absolute Gasteiger partial charge is 0.0614 e. The number of rotatable bonds is 3. The highest BCUT2D eigenvalue weighted by Crippen LogP contribution is 2.16. The van der Waals surface area contributed by atoms with Gasteiger partial charge in [0.1, 0.15) is 0 Å². The van der Waals surface area contributed by atoms with Gasteiger partial charge in [0.25, 0.3) is 0 Å². The average Bonchev–Trinajstić information content (AvgIpc) is 2.16. The van der Waals surface area contributed by atoms with Crippen LogP contribution in [0.3, 0.4) is 0 Å². The van der Waals surface area contributed by atoms with Gasteiger partial charge in [0.05, 0.1) is 6.10 Å². The summed E-state index contributed by atoms with van der Waals surface area (Å²) in [5.74, 6) is 2.60. The zero-order chi connectivity index (χ0) is 9.68. The number of aliphatic hydroxyl groups excluding tert-OH is 2. The first kappa shape index (κ1) is 10.5. The van der Waals surface area contributed by atoms with E-state index < -0.39 is 0 Å². The number of hydrogen-bond acceptors (Lipinski definition) is 3. The molecule has 3 heteroatoms. The minimum absolute atomic E-state index is 0.00604. The van der Waals surface area contributed by atoms with E-state index in [0.717, 1.165) is 32.5 Å². The van der Waals surface area contributed by atoms with E-state index in [1.165, 1.54) is 0 Å². The Morgan fingerprint density at radius 3 is 2.92 bits per heavy atom. The Bertz CT molecular complexity index is 188. The molecule has 2 atom stereocenters. The van der Waals surface area contributed by atoms with Gasteiger partial charge >= 0.3 is 0 Å². The SMILES string of the molecule is C#CCCN1CCC(O)C(CO)C1. The first-order valence-electron chi connectivity index (χ1n) is 4.72. The van der Waals surface area contributed by atoms with Crippen LogP contribution in [-0.2, 0) is 0 Å². The zero-order valence-corrected chi connectivity index (χ0v) is 7.82. The molecule has 0 aromatic carbocycles. The summed E-state index contributed by atoms with van der Waals surface area (Å²) in [5, 5.41) is 18.5. The molecule has 0 amide bonds. The molecular weight excluding hydrogens is 166 g/mol. The highest BCUT2D eigenvalue weighted by Gasteiger charge is 2.26. The second kappa shape index (κ2) is 5.23. The van der Waals surface area contributed by atoms with Gasteiger partial charge in [-0.05, 0) is 6.42 Å². The van der Waals surface area contributed by atoms with Crippen LogP contribution in [0.5, 0.6) is 0 Å². The average molecular weight is 183 g/mol. The van der Waals surface area contributed by atoms with Crippen molar-refractivity contribution in [3.05, 3.63) is 0 Å². The summed E-state index contributed by atoms with van der Waals surface area (Å²) in [6.45, 7) is 2.59. The fraction of sp³-hybridized carbons (Fsp3) is 0.800. The van der Waals surface area contributed by atoms with Crippen LogP contribution in [0.2, 0.25) is 0 Å². The van der Waals surface area contributed by atoms with Gasteiger partial charge in [-0.2, -0.15) is 0 Å². The van der Waals surface area contributed by atoms with E-state index in [9.17, 15) is 5.11 Å². The molecule has 1 aliphatic heterocycles. The predicted octanol–water partition coefficient (Wildman–Crippen LogP) is -0.315. The van der Waals surface area contributed by atoms with Crippen LogP contribution in [0.1, 0.15) is 12.8 Å². The summed E-state index contributed by atoms with van der Waals surface area (Å²) >= 11 is 0. The summed E-state index contributed by atoms with van der Waals surface area (Å²) < 4.78 is 0. The lowest BCUT2D eigenvalue weighted by molar-refractivity contribution is 0.00127. The molecule has 0 aromatic rings. The van der Waals surface area contributed by atoms with Crippen LogP contribution in [0.4, 0.5) is 0 Å². The molecule has 1 heterocycles. The highest BCUT2D eigenvalue weighted by molar-refractivity contribution is 4.87. The van der Waals surface area contributed by atoms with Crippen LogP contribution >= 0.6 is 0 Å². The van der Waals surface area contributed by atoms with Crippen molar-refractivity contribution in [1.82, 2.24) is 4.90 Å². The quantitative estimate of drug-likeness (QED) is 0.590. The molecule has 2 unspecified atom stereocenters. The van der Waals surface area contributed by atoms with Crippen molar-refractivity contribution in [3.8, 4) is 12.3 Å². The summed E-state index contributed by atoms with van der Waals surface area (Å²) in [5.41, 5.74) is 0. The minimum atomic E-state index is -0.341. The molecule has 3 nitrogen and oxygen atoms in total. The monoisotopic (exact) mass is 183 g/mol. The molecule has 74 valence electrons. The van der Waals surface area contributed by atoms with Gasteiger partial charge in [-0.15, -0.1) is 12.3 Å². The third-order valence-corrected chi connectivity index (χ3v) is 2.58. The first-order valence-corrected chi connectivity index (χ1v) is 4.72. The molecule has 0 aliphatic carbocycles. The Morgan fingerprint density at radius 2 is 2.31 bits per heavy atom. The Kier molecular flexibility index (Phi) is 4.23. The zero-order valence-electron chi connectivity index (χ0n) is 7.82. The fourth-order valence-corrected chi connectivity index (χ4v) is 1.70. The van der Waals surface area contributed by atoms with Crippen molar-refractivity contribution in [2.75, 3.05) is 26.2 Å². The van der Waals surface area contributed by atoms with Crippen molar-refractivity contribution in [2.24, 2.45) is 5.92 Å². The third kappa shape index (κ3) is 3.00. The molecule has 13 heavy (non-hydrogen) atoms. The molecule has 0 aromatic heterocycles. The number of aliphatic hydroxyl groups is 2. The minimum Gasteiger partial charge on any atom is -0.396 e. The third-order valence-electron chi connectivity index (χ3n) is 2.58. The van der Waals surface area contributed by atoms with Gasteiger partial charge in [-0.3, -0.25) is 0 Å². The van der Waals surface area contributed by atoms with E-state index >= 15 is 0 Å². The van der Waals surface area contributed by atoms with E-state index in [2.05, 4.69) is 10.8 Å². The molecule has 0 bridgehead atoms. The maximum atomic E-state index is 9.49. The molecule has 0 spiro atoms. The van der Waals surface area contributed by atoms with Crippen molar-refractivity contribution in [1.29, 1.82) is 0 Å². The molecule has 1 saturated heterocycles. The maximum absolute atomic E-state index is 9.49. The Morgan fingerprint density at radius 1 is 1.54 bits per heavy atom. The van der Waals surface area contributed by atoms with Gasteiger partial charge in [-0.25, -0.2) is 0 Å². The number of piperidine rings is 1. The van der Waals surface area contributed by atoms with E-state index in [1.54, 1.807) is 0 Å². The normalized spacial score (nSPS) is 29.9. The van der Waals surface area contributed by atoms with Gasteiger partial charge in [-0.1, -0.05) is 0 Å². The molecule has 1 rings (SSSR count). The number of likely N-dealkylation sites (tertiary alicyclic amines) is 1. The van der Waals surface area contributed by atoms with Gasteiger partial charge < -0.3 is 15.1 Å². The second-order valence-electron chi connectivity index (χ2n) is 3.55. The Hall–Kier alpha value is -0.560. The van der Waals surface area contributed by atoms with Crippen molar-refractivity contribution in [3.63, 3.8) is 0 Å². The summed E-state index contributed by atoms with van der Waals surface area (Å²) in [7, 11) is 0. The molecule has 1 fully saturated rings.